The van der Waals surface area contributed by atoms with Gasteiger partial charge in [-0.1, -0.05) is 30.3 Å². The molecule has 0 radical (unpaired) electrons. The lowest BCUT2D eigenvalue weighted by atomic mass is 10.1. The summed E-state index contributed by atoms with van der Waals surface area (Å²) in [7, 11) is 3.53. The molecule has 168 valence electrons. The molecule has 6 heteroatoms. The molecule has 0 spiro atoms. The van der Waals surface area contributed by atoms with Gasteiger partial charge in [0.15, 0.2) is 5.96 Å². The Labute approximate surface area is 187 Å². The maximum atomic E-state index is 5.49. The fraction of sp³-hybridized carbons (Fsp3) is 0.480. The number of anilines is 1. The smallest absolute Gasteiger partial charge is 0.191 e. The number of piperazine rings is 1. The van der Waals surface area contributed by atoms with Gasteiger partial charge in [-0.3, -0.25) is 9.89 Å². The van der Waals surface area contributed by atoms with Crippen molar-refractivity contribution in [2.45, 2.75) is 26.3 Å². The molecule has 1 saturated heterocycles. The Balaban J connectivity index is 1.30. The molecule has 1 aliphatic heterocycles. The number of para-hydroxylation sites is 1. The normalized spacial score (nSPS) is 15.1. The standard InChI is InChI=1S/C25H37N5O/c1-21-11-12-22(24(19-21)31-3)20-28-25(26-2)27-13-7-8-14-29-15-17-30(18-16-29)23-9-5-4-6-10-23/h4-6,9-12,19H,7-8,13-18,20H2,1-3H3,(H2,26,27,28). The van der Waals surface area contributed by atoms with E-state index in [0.717, 1.165) is 63.0 Å². The average molecular weight is 424 g/mol. The molecule has 1 fully saturated rings. The average Bonchev–Trinajstić information content (AvgIpc) is 2.82. The second kappa shape index (κ2) is 12.2. The number of nitrogens with one attached hydrogen (secondary N) is 2. The zero-order valence-electron chi connectivity index (χ0n) is 19.2. The molecule has 1 heterocycles. The van der Waals surface area contributed by atoms with Gasteiger partial charge in [0.05, 0.1) is 7.11 Å². The Bertz CT molecular complexity index is 816. The number of unbranched alkanes of at least 4 members (excludes halogenated alkanes) is 1. The zero-order valence-corrected chi connectivity index (χ0v) is 19.2. The minimum absolute atomic E-state index is 0.689. The van der Waals surface area contributed by atoms with Crippen molar-refractivity contribution in [2.24, 2.45) is 4.99 Å². The third-order valence-electron chi connectivity index (χ3n) is 5.80. The van der Waals surface area contributed by atoms with Crippen molar-refractivity contribution in [1.82, 2.24) is 15.5 Å². The fourth-order valence-corrected chi connectivity index (χ4v) is 3.93. The van der Waals surface area contributed by atoms with E-state index in [2.05, 4.69) is 80.9 Å². The second-order valence-corrected chi connectivity index (χ2v) is 8.04. The number of hydrogen-bond acceptors (Lipinski definition) is 4. The summed E-state index contributed by atoms with van der Waals surface area (Å²) < 4.78 is 5.49. The van der Waals surface area contributed by atoms with Gasteiger partial charge in [0.1, 0.15) is 5.75 Å². The zero-order chi connectivity index (χ0) is 21.9. The van der Waals surface area contributed by atoms with Crippen molar-refractivity contribution >= 4 is 11.6 Å². The number of guanidine groups is 1. The highest BCUT2D eigenvalue weighted by Gasteiger charge is 2.16. The molecule has 2 aromatic rings. The van der Waals surface area contributed by atoms with Crippen molar-refractivity contribution in [3.05, 3.63) is 59.7 Å². The maximum Gasteiger partial charge on any atom is 0.191 e. The van der Waals surface area contributed by atoms with Crippen LogP contribution in [0.25, 0.3) is 0 Å². The molecular formula is C25H37N5O. The van der Waals surface area contributed by atoms with Crippen molar-refractivity contribution in [1.29, 1.82) is 0 Å². The van der Waals surface area contributed by atoms with Gasteiger partial charge in [-0.05, 0) is 50.1 Å². The molecule has 1 aliphatic rings. The van der Waals surface area contributed by atoms with Gasteiger partial charge in [-0.15, -0.1) is 0 Å². The van der Waals surface area contributed by atoms with Crippen LogP contribution in [-0.4, -0.2) is 64.3 Å². The van der Waals surface area contributed by atoms with Crippen LogP contribution < -0.4 is 20.3 Å². The molecule has 0 unspecified atom stereocenters. The molecule has 0 amide bonds. The van der Waals surface area contributed by atoms with Crippen molar-refractivity contribution in [3.8, 4) is 5.75 Å². The topological polar surface area (TPSA) is 52.1 Å². The van der Waals surface area contributed by atoms with Crippen molar-refractivity contribution < 1.29 is 4.74 Å². The molecule has 0 bridgehead atoms. The molecule has 6 nitrogen and oxygen atoms in total. The molecule has 0 aromatic heterocycles. The van der Waals surface area contributed by atoms with Crippen LogP contribution in [0.3, 0.4) is 0 Å². The number of aliphatic imine (C=N–C) groups is 1. The first-order valence-electron chi connectivity index (χ1n) is 11.3. The quantitative estimate of drug-likeness (QED) is 0.368. The van der Waals surface area contributed by atoms with Crippen LogP contribution in [0.4, 0.5) is 5.69 Å². The lowest BCUT2D eigenvalue weighted by molar-refractivity contribution is 0.253. The first kappa shape index (κ1) is 22.9. The summed E-state index contributed by atoms with van der Waals surface area (Å²) in [6, 6.07) is 17.0. The summed E-state index contributed by atoms with van der Waals surface area (Å²) in [5.74, 6) is 1.74. The second-order valence-electron chi connectivity index (χ2n) is 8.04. The lowest BCUT2D eigenvalue weighted by Crippen LogP contribution is -2.46. The Morgan fingerprint density at radius 2 is 1.77 bits per heavy atom. The Kier molecular flexibility index (Phi) is 9.03. The Morgan fingerprint density at radius 3 is 2.48 bits per heavy atom. The van der Waals surface area contributed by atoms with Gasteiger partial charge >= 0.3 is 0 Å². The highest BCUT2D eigenvalue weighted by atomic mass is 16.5. The number of nitrogens with zero attached hydrogens (tertiary/aromatic N) is 3. The molecule has 0 atom stereocenters. The van der Waals surface area contributed by atoms with Gasteiger partial charge in [0.25, 0.3) is 0 Å². The van der Waals surface area contributed by atoms with Crippen LogP contribution in [0.15, 0.2) is 53.5 Å². The molecule has 0 aliphatic carbocycles. The highest BCUT2D eigenvalue weighted by Crippen LogP contribution is 2.19. The number of hydrogen-bond donors (Lipinski definition) is 2. The van der Waals surface area contributed by atoms with E-state index in [1.54, 1.807) is 7.11 Å². The molecule has 3 rings (SSSR count). The van der Waals surface area contributed by atoms with Gasteiger partial charge in [-0.2, -0.15) is 0 Å². The Hall–Kier alpha value is -2.73. The number of methoxy groups -OCH3 is 1. The first-order valence-corrected chi connectivity index (χ1v) is 11.3. The van der Waals surface area contributed by atoms with Gasteiger partial charge < -0.3 is 20.3 Å². The predicted octanol–water partition coefficient (Wildman–Crippen LogP) is 3.27. The van der Waals surface area contributed by atoms with Crippen LogP contribution >= 0.6 is 0 Å². The van der Waals surface area contributed by atoms with Crippen LogP contribution in [0.5, 0.6) is 5.75 Å². The van der Waals surface area contributed by atoms with E-state index in [4.69, 9.17) is 4.74 Å². The largest absolute Gasteiger partial charge is 0.496 e. The van der Waals surface area contributed by atoms with Crippen molar-refractivity contribution in [2.75, 3.05) is 58.3 Å². The summed E-state index contributed by atoms with van der Waals surface area (Å²) in [6.45, 7) is 9.36. The van der Waals surface area contributed by atoms with Crippen molar-refractivity contribution in [3.63, 3.8) is 0 Å². The van der Waals surface area contributed by atoms with E-state index < -0.39 is 0 Å². The first-order chi connectivity index (χ1) is 15.2. The lowest BCUT2D eigenvalue weighted by Gasteiger charge is -2.36. The summed E-state index contributed by atoms with van der Waals surface area (Å²) >= 11 is 0. The minimum Gasteiger partial charge on any atom is -0.496 e. The number of ether oxygens (including phenoxy) is 1. The fourth-order valence-electron chi connectivity index (χ4n) is 3.93. The van der Waals surface area contributed by atoms with Crippen LogP contribution in [0.1, 0.15) is 24.0 Å². The summed E-state index contributed by atoms with van der Waals surface area (Å²) in [6.07, 6.45) is 2.33. The predicted molar refractivity (Wildman–Crippen MR) is 130 cm³/mol. The van der Waals surface area contributed by atoms with Gasteiger partial charge in [0.2, 0.25) is 0 Å². The maximum absolute atomic E-state index is 5.49. The molecule has 0 saturated carbocycles. The summed E-state index contributed by atoms with van der Waals surface area (Å²) in [4.78, 5) is 9.40. The molecule has 2 aromatic carbocycles. The van der Waals surface area contributed by atoms with E-state index >= 15 is 0 Å². The van der Waals surface area contributed by atoms with Gasteiger partial charge in [0, 0.05) is 57.6 Å². The number of rotatable bonds is 9. The monoisotopic (exact) mass is 423 g/mol. The molecular weight excluding hydrogens is 386 g/mol. The third-order valence-corrected chi connectivity index (χ3v) is 5.80. The third kappa shape index (κ3) is 7.17. The minimum atomic E-state index is 0.689. The number of benzene rings is 2. The Morgan fingerprint density at radius 1 is 1.00 bits per heavy atom. The SMILES string of the molecule is CN=C(NCCCCN1CCN(c2ccccc2)CC1)NCc1ccc(C)cc1OC. The van der Waals surface area contributed by atoms with E-state index in [-0.39, 0.29) is 0 Å². The van der Waals surface area contributed by atoms with Crippen LogP contribution in [0.2, 0.25) is 0 Å². The molecule has 31 heavy (non-hydrogen) atoms. The molecule has 2 N–H and O–H groups in total. The van der Waals surface area contributed by atoms with E-state index in [1.165, 1.54) is 17.7 Å². The van der Waals surface area contributed by atoms with Crippen LogP contribution in [0, 0.1) is 6.92 Å². The van der Waals surface area contributed by atoms with Gasteiger partial charge in [-0.25, -0.2) is 0 Å². The summed E-state index contributed by atoms with van der Waals surface area (Å²) in [5, 5.41) is 6.81. The van der Waals surface area contributed by atoms with Crippen LogP contribution in [-0.2, 0) is 6.54 Å². The van der Waals surface area contributed by atoms with E-state index in [0.29, 0.717) is 6.54 Å². The number of aryl methyl sites for hydroxylation is 1. The highest BCUT2D eigenvalue weighted by molar-refractivity contribution is 5.79. The van der Waals surface area contributed by atoms with E-state index in [1.807, 2.05) is 7.05 Å². The van der Waals surface area contributed by atoms with E-state index in [9.17, 15) is 0 Å². The summed E-state index contributed by atoms with van der Waals surface area (Å²) in [5.41, 5.74) is 3.67.